The Labute approximate surface area is 221 Å². The van der Waals surface area contributed by atoms with Crippen molar-refractivity contribution in [2.45, 2.75) is 38.5 Å². The zero-order chi connectivity index (χ0) is 28.1. The van der Waals surface area contributed by atoms with Crippen LogP contribution in [0.4, 0.5) is 27.9 Å². The minimum atomic E-state index is -5.15. The van der Waals surface area contributed by atoms with Gasteiger partial charge in [0.05, 0.1) is 10.9 Å². The van der Waals surface area contributed by atoms with Crippen LogP contribution in [0.3, 0.4) is 0 Å². The van der Waals surface area contributed by atoms with Crippen LogP contribution in [0.1, 0.15) is 25.0 Å². The van der Waals surface area contributed by atoms with Crippen molar-refractivity contribution in [3.8, 4) is 17.0 Å². The van der Waals surface area contributed by atoms with Crippen molar-refractivity contribution in [3.63, 3.8) is 0 Å². The zero-order valence-corrected chi connectivity index (χ0v) is 21.5. The van der Waals surface area contributed by atoms with Gasteiger partial charge in [-0.3, -0.25) is 4.90 Å². The molecule has 0 unspecified atom stereocenters. The van der Waals surface area contributed by atoms with Gasteiger partial charge in [0.2, 0.25) is 5.95 Å². The van der Waals surface area contributed by atoms with Crippen LogP contribution in [0.15, 0.2) is 42.6 Å². The number of phenolic OH excluding ortho intramolecular Hbond substituents is 1. The van der Waals surface area contributed by atoms with Crippen molar-refractivity contribution in [2.75, 3.05) is 24.5 Å². The molecule has 1 fully saturated rings. The van der Waals surface area contributed by atoms with E-state index in [1.54, 1.807) is 0 Å². The number of fused-ring (bicyclic) bond motifs is 1. The van der Waals surface area contributed by atoms with Crippen LogP contribution in [0.5, 0.6) is 5.75 Å². The first-order valence-corrected chi connectivity index (χ1v) is 12.5. The molecule has 0 aliphatic carbocycles. The molecule has 0 bridgehead atoms. The number of aromatic nitrogens is 4. The highest BCUT2D eigenvalue weighted by Gasteiger charge is 2.38. The van der Waals surface area contributed by atoms with Gasteiger partial charge in [-0.05, 0) is 31.9 Å². The summed E-state index contributed by atoms with van der Waals surface area (Å²) in [6.07, 6.45) is -3.02. The van der Waals surface area contributed by atoms with Crippen LogP contribution in [-0.2, 0) is 19.6 Å². The lowest BCUT2D eigenvalue weighted by Gasteiger charge is -2.43. The topological polar surface area (TPSA) is 70.3 Å². The largest absolute Gasteiger partial charge is 0.503 e. The van der Waals surface area contributed by atoms with Crippen LogP contribution in [0, 0.1) is 11.6 Å². The van der Waals surface area contributed by atoms with E-state index in [1.165, 1.54) is 17.9 Å². The van der Waals surface area contributed by atoms with Crippen molar-refractivity contribution >= 4 is 17.0 Å². The molecule has 5 rings (SSSR count). The highest BCUT2D eigenvalue weighted by molar-refractivity contribution is 5.91. The van der Waals surface area contributed by atoms with Crippen molar-refractivity contribution in [3.05, 3.63) is 65.4 Å². The maximum Gasteiger partial charge on any atom is 0.419 e. The molecule has 7 nitrogen and oxygen atoms in total. The van der Waals surface area contributed by atoms with Crippen molar-refractivity contribution in [2.24, 2.45) is 7.05 Å². The molecule has 2 aromatic heterocycles. The van der Waals surface area contributed by atoms with E-state index in [9.17, 15) is 27.1 Å². The minimum Gasteiger partial charge on any atom is -0.503 e. The third kappa shape index (κ3) is 5.00. The minimum absolute atomic E-state index is 0.0505. The number of nitrogens with zero attached hydrogens (tertiary/aromatic N) is 6. The fourth-order valence-corrected chi connectivity index (χ4v) is 5.04. The summed E-state index contributed by atoms with van der Waals surface area (Å²) in [5.74, 6) is -4.92. The number of phenols is 1. The van der Waals surface area contributed by atoms with Crippen LogP contribution < -0.4 is 4.90 Å². The van der Waals surface area contributed by atoms with Gasteiger partial charge in [-0.15, -0.1) is 0 Å². The highest BCUT2D eigenvalue weighted by atomic mass is 19.4. The van der Waals surface area contributed by atoms with Crippen LogP contribution in [-0.4, -0.2) is 61.5 Å². The predicted molar refractivity (Wildman–Crippen MR) is 136 cm³/mol. The summed E-state index contributed by atoms with van der Waals surface area (Å²) in [5, 5.41) is 14.1. The molecule has 206 valence electrons. The SMILES string of the molecule is CC(C)N1CCN(c2ncc3c(-c4cc(C(F)(F)F)c(F)c(O)c4F)nn(C)c3n2)[C@H](Cc2ccccc2)C1. The molecule has 12 heteroatoms. The Bertz CT molecular complexity index is 1500. The van der Waals surface area contributed by atoms with Gasteiger partial charge in [0, 0.05) is 50.5 Å². The molecule has 0 saturated carbocycles. The molecule has 39 heavy (non-hydrogen) atoms. The van der Waals surface area contributed by atoms with E-state index in [1.807, 2.05) is 18.2 Å². The average molecular weight is 547 g/mol. The maximum atomic E-state index is 14.8. The number of alkyl halides is 3. The lowest BCUT2D eigenvalue weighted by molar-refractivity contribution is -0.140. The Hall–Kier alpha value is -3.80. The molecule has 1 aliphatic rings. The Morgan fingerprint density at radius 3 is 2.46 bits per heavy atom. The molecule has 2 aromatic carbocycles. The first kappa shape index (κ1) is 26.8. The van der Waals surface area contributed by atoms with E-state index in [0.717, 1.165) is 25.1 Å². The summed E-state index contributed by atoms with van der Waals surface area (Å²) in [7, 11) is 1.52. The number of halogens is 5. The summed E-state index contributed by atoms with van der Waals surface area (Å²) in [5.41, 5.74) is -1.30. The van der Waals surface area contributed by atoms with Crippen LogP contribution in [0.25, 0.3) is 22.3 Å². The molecule has 1 aliphatic heterocycles. The summed E-state index contributed by atoms with van der Waals surface area (Å²) in [6, 6.07) is 10.8. The number of benzene rings is 2. The van der Waals surface area contributed by atoms with Gasteiger partial charge in [0.25, 0.3) is 0 Å². The Kier molecular flexibility index (Phi) is 6.91. The fraction of sp³-hybridized carbons (Fsp3) is 0.370. The third-order valence-corrected chi connectivity index (χ3v) is 7.12. The summed E-state index contributed by atoms with van der Waals surface area (Å²) in [6.45, 7) is 6.52. The maximum absolute atomic E-state index is 14.8. The number of aryl methyl sites for hydroxylation is 1. The molecule has 1 N–H and O–H groups in total. The lowest BCUT2D eigenvalue weighted by atomic mass is 10.0. The van der Waals surface area contributed by atoms with Gasteiger partial charge in [0.15, 0.2) is 23.0 Å². The predicted octanol–water partition coefficient (Wildman–Crippen LogP) is 5.17. The summed E-state index contributed by atoms with van der Waals surface area (Å²) < 4.78 is 70.3. The number of aromatic hydroxyl groups is 1. The van der Waals surface area contributed by atoms with Gasteiger partial charge in [0.1, 0.15) is 5.69 Å². The average Bonchev–Trinajstić information content (AvgIpc) is 3.22. The van der Waals surface area contributed by atoms with Gasteiger partial charge >= 0.3 is 6.18 Å². The number of anilines is 1. The lowest BCUT2D eigenvalue weighted by Crippen LogP contribution is -2.56. The quantitative estimate of drug-likeness (QED) is 0.348. The van der Waals surface area contributed by atoms with Gasteiger partial charge in [-0.2, -0.15) is 23.3 Å². The monoisotopic (exact) mass is 546 g/mol. The van der Waals surface area contributed by atoms with E-state index in [-0.39, 0.29) is 22.8 Å². The van der Waals surface area contributed by atoms with Gasteiger partial charge in [-0.25, -0.2) is 18.4 Å². The van der Waals surface area contributed by atoms with Gasteiger partial charge in [-0.1, -0.05) is 30.3 Å². The van der Waals surface area contributed by atoms with E-state index in [4.69, 9.17) is 0 Å². The summed E-state index contributed by atoms with van der Waals surface area (Å²) in [4.78, 5) is 13.6. The van der Waals surface area contributed by atoms with E-state index in [2.05, 4.69) is 50.8 Å². The second kappa shape index (κ2) is 10.1. The van der Waals surface area contributed by atoms with E-state index in [0.29, 0.717) is 24.6 Å². The van der Waals surface area contributed by atoms with E-state index >= 15 is 0 Å². The zero-order valence-electron chi connectivity index (χ0n) is 21.5. The molecular weight excluding hydrogens is 519 g/mol. The second-order valence-electron chi connectivity index (χ2n) is 9.95. The third-order valence-electron chi connectivity index (χ3n) is 7.12. The molecule has 0 spiro atoms. The molecular formula is C27H27F5N6O. The molecule has 4 aromatic rings. The Morgan fingerprint density at radius 2 is 1.79 bits per heavy atom. The van der Waals surface area contributed by atoms with Crippen molar-refractivity contribution in [1.82, 2.24) is 24.6 Å². The fourth-order valence-electron chi connectivity index (χ4n) is 5.04. The second-order valence-corrected chi connectivity index (χ2v) is 9.95. The van der Waals surface area contributed by atoms with Crippen molar-refractivity contribution < 1.29 is 27.1 Å². The highest BCUT2D eigenvalue weighted by Crippen LogP contribution is 2.41. The standard InChI is InChI=1S/C27H27F5N6O/c1-15(2)37-9-10-38(17(14-37)11-16-7-5-4-6-8-16)26-33-13-19-23(35-36(3)25(19)34-26)18-12-20(27(30,31)32)22(29)24(39)21(18)28/h4-8,12-13,15,17,39H,9-11,14H2,1-3H3/t17-/m1/s1. The van der Waals surface area contributed by atoms with Crippen LogP contribution >= 0.6 is 0 Å². The first-order chi connectivity index (χ1) is 18.5. The number of hydrogen-bond acceptors (Lipinski definition) is 6. The Morgan fingerprint density at radius 1 is 1.08 bits per heavy atom. The Balaban J connectivity index is 1.56. The number of hydrogen-bond donors (Lipinski definition) is 1. The van der Waals surface area contributed by atoms with Gasteiger partial charge < -0.3 is 10.0 Å². The van der Waals surface area contributed by atoms with Crippen LogP contribution in [0.2, 0.25) is 0 Å². The summed E-state index contributed by atoms with van der Waals surface area (Å²) >= 11 is 0. The smallest absolute Gasteiger partial charge is 0.419 e. The number of rotatable bonds is 5. The van der Waals surface area contributed by atoms with E-state index < -0.39 is 34.7 Å². The number of piperazine rings is 1. The molecule has 0 radical (unpaired) electrons. The molecule has 1 saturated heterocycles. The molecule has 0 amide bonds. The molecule has 1 atom stereocenters. The van der Waals surface area contributed by atoms with Crippen molar-refractivity contribution in [1.29, 1.82) is 0 Å². The first-order valence-electron chi connectivity index (χ1n) is 12.5. The normalized spacial score (nSPS) is 16.9. The molecule has 3 heterocycles.